The van der Waals surface area contributed by atoms with Crippen LogP contribution < -0.4 is 15.4 Å². The molecule has 0 saturated carbocycles. The Morgan fingerprint density at radius 3 is 2.54 bits per heavy atom. The largest absolute Gasteiger partial charge is 0.468 e. The van der Waals surface area contributed by atoms with E-state index in [1.807, 2.05) is 19.1 Å². The van der Waals surface area contributed by atoms with E-state index in [0.717, 1.165) is 12.1 Å². The van der Waals surface area contributed by atoms with E-state index in [1.54, 1.807) is 12.1 Å². The molecular weight excluding hydrogens is 371 g/mol. The van der Waals surface area contributed by atoms with Crippen LogP contribution in [0.4, 0.5) is 18.9 Å². The molecule has 2 N–H and O–H groups in total. The van der Waals surface area contributed by atoms with Crippen molar-refractivity contribution in [3.8, 4) is 5.88 Å². The van der Waals surface area contributed by atoms with E-state index in [0.29, 0.717) is 12.2 Å². The van der Waals surface area contributed by atoms with Crippen LogP contribution in [-0.4, -0.2) is 30.2 Å². The first-order chi connectivity index (χ1) is 11.9. The minimum atomic E-state index is -4.44. The molecule has 0 radical (unpaired) electrons. The van der Waals surface area contributed by atoms with Gasteiger partial charge in [-0.1, -0.05) is 25.1 Å². The molecule has 1 amide bonds. The summed E-state index contributed by atoms with van der Waals surface area (Å²) in [6, 6.07) is 9.93. The molecule has 0 aliphatic rings. The molecule has 0 fully saturated rings. The van der Waals surface area contributed by atoms with Crippen LogP contribution in [0.2, 0.25) is 0 Å². The van der Waals surface area contributed by atoms with Crippen molar-refractivity contribution in [1.82, 2.24) is 10.3 Å². The van der Waals surface area contributed by atoms with Gasteiger partial charge in [0.05, 0.1) is 5.56 Å². The minimum absolute atomic E-state index is 0. The van der Waals surface area contributed by atoms with E-state index in [4.69, 9.17) is 0 Å². The summed E-state index contributed by atoms with van der Waals surface area (Å²) in [5.41, 5.74) is 1.80. The van der Waals surface area contributed by atoms with Gasteiger partial charge < -0.3 is 15.4 Å². The lowest BCUT2D eigenvalue weighted by Gasteiger charge is -2.12. The van der Waals surface area contributed by atoms with Gasteiger partial charge >= 0.3 is 6.18 Å². The molecule has 2 rings (SSSR count). The fraction of sp³-hybridized carbons (Fsp3) is 0.294. The second-order valence-electron chi connectivity index (χ2n) is 5.18. The number of carbonyl (C=O) groups is 1. The van der Waals surface area contributed by atoms with Crippen LogP contribution in [-0.2, 0) is 6.54 Å². The first kappa shape index (κ1) is 21.7. The lowest BCUT2D eigenvalue weighted by Crippen LogP contribution is -2.20. The number of anilines is 1. The maximum Gasteiger partial charge on any atom is 0.422 e. The number of ether oxygens (including phenoxy) is 1. The number of carbonyl (C=O) groups excluding carboxylic acids is 1. The number of benzene rings is 1. The van der Waals surface area contributed by atoms with Crippen molar-refractivity contribution in [2.45, 2.75) is 19.6 Å². The van der Waals surface area contributed by atoms with Crippen molar-refractivity contribution in [2.75, 3.05) is 18.5 Å². The van der Waals surface area contributed by atoms with Crippen LogP contribution >= 0.6 is 12.4 Å². The summed E-state index contributed by atoms with van der Waals surface area (Å²) in [4.78, 5) is 16.0. The third-order valence-corrected chi connectivity index (χ3v) is 3.21. The molecule has 0 spiro atoms. The molecule has 0 bridgehead atoms. The Morgan fingerprint density at radius 1 is 1.19 bits per heavy atom. The van der Waals surface area contributed by atoms with Crippen molar-refractivity contribution < 1.29 is 22.7 Å². The zero-order valence-corrected chi connectivity index (χ0v) is 14.8. The molecule has 142 valence electrons. The summed E-state index contributed by atoms with van der Waals surface area (Å²) < 4.78 is 40.8. The molecule has 26 heavy (non-hydrogen) atoms. The van der Waals surface area contributed by atoms with Gasteiger partial charge in [-0.25, -0.2) is 4.98 Å². The predicted molar refractivity (Wildman–Crippen MR) is 94.8 cm³/mol. The molecule has 1 aromatic heterocycles. The maximum atomic E-state index is 12.3. The Morgan fingerprint density at radius 2 is 1.92 bits per heavy atom. The number of aromatic nitrogens is 1. The van der Waals surface area contributed by atoms with Crippen molar-refractivity contribution in [3.63, 3.8) is 0 Å². The molecule has 1 aromatic carbocycles. The third-order valence-electron chi connectivity index (χ3n) is 3.21. The lowest BCUT2D eigenvalue weighted by atomic mass is 10.1. The molecule has 0 atom stereocenters. The molecule has 0 unspecified atom stereocenters. The van der Waals surface area contributed by atoms with Crippen LogP contribution in [0.3, 0.4) is 0 Å². The van der Waals surface area contributed by atoms with E-state index < -0.39 is 18.7 Å². The van der Waals surface area contributed by atoms with Gasteiger partial charge in [0, 0.05) is 24.5 Å². The second-order valence-corrected chi connectivity index (χ2v) is 5.18. The SMILES string of the molecule is CCNCc1ccccc1NC(=O)c1ccc(OCC(F)(F)F)nc1.Cl. The van der Waals surface area contributed by atoms with Crippen molar-refractivity contribution in [3.05, 3.63) is 53.7 Å². The average molecular weight is 390 g/mol. The zero-order valence-electron chi connectivity index (χ0n) is 14.0. The number of halogens is 4. The summed E-state index contributed by atoms with van der Waals surface area (Å²) in [5.74, 6) is -0.597. The highest BCUT2D eigenvalue weighted by atomic mass is 35.5. The van der Waals surface area contributed by atoms with Crippen LogP contribution in [0.5, 0.6) is 5.88 Å². The Hall–Kier alpha value is -2.32. The molecule has 0 saturated heterocycles. The summed E-state index contributed by atoms with van der Waals surface area (Å²) in [6.07, 6.45) is -3.26. The van der Waals surface area contributed by atoms with E-state index in [2.05, 4.69) is 20.4 Å². The van der Waals surface area contributed by atoms with Gasteiger partial charge in [0.1, 0.15) is 0 Å². The molecule has 1 heterocycles. The highest BCUT2D eigenvalue weighted by Crippen LogP contribution is 2.18. The number of nitrogens with one attached hydrogen (secondary N) is 2. The van der Waals surface area contributed by atoms with Gasteiger partial charge in [0.15, 0.2) is 6.61 Å². The summed E-state index contributed by atoms with van der Waals surface area (Å²) in [6.45, 7) is 1.96. The average Bonchev–Trinajstić information content (AvgIpc) is 2.59. The normalized spacial score (nSPS) is 10.8. The smallest absolute Gasteiger partial charge is 0.422 e. The highest BCUT2D eigenvalue weighted by Gasteiger charge is 2.28. The van der Waals surface area contributed by atoms with Gasteiger partial charge in [-0.2, -0.15) is 13.2 Å². The standard InChI is InChI=1S/C17H18F3N3O2.ClH/c1-2-21-9-12-5-3-4-6-14(12)23-16(24)13-7-8-15(22-10-13)25-11-17(18,19)20;/h3-8,10,21H,2,9,11H2,1H3,(H,23,24);1H. The van der Waals surface area contributed by atoms with Crippen LogP contribution in [0.1, 0.15) is 22.8 Å². The predicted octanol–water partition coefficient (Wildman–Crippen LogP) is 3.81. The number of alkyl halides is 3. The quantitative estimate of drug-likeness (QED) is 0.756. The van der Waals surface area contributed by atoms with Gasteiger partial charge in [-0.05, 0) is 24.2 Å². The van der Waals surface area contributed by atoms with Crippen LogP contribution in [0, 0.1) is 0 Å². The Labute approximate surface area is 155 Å². The molecular formula is C17H19ClF3N3O2. The molecule has 2 aromatic rings. The first-order valence-electron chi connectivity index (χ1n) is 7.64. The summed E-state index contributed by atoms with van der Waals surface area (Å²) in [7, 11) is 0. The number of para-hydroxylation sites is 1. The number of nitrogens with zero attached hydrogens (tertiary/aromatic N) is 1. The lowest BCUT2D eigenvalue weighted by molar-refractivity contribution is -0.154. The van der Waals surface area contributed by atoms with Crippen LogP contribution in [0.15, 0.2) is 42.6 Å². The number of pyridine rings is 1. The highest BCUT2D eigenvalue weighted by molar-refractivity contribution is 6.04. The first-order valence-corrected chi connectivity index (χ1v) is 7.64. The molecule has 9 heteroatoms. The van der Waals surface area contributed by atoms with E-state index in [-0.39, 0.29) is 23.9 Å². The van der Waals surface area contributed by atoms with Crippen LogP contribution in [0.25, 0.3) is 0 Å². The third kappa shape index (κ3) is 6.89. The van der Waals surface area contributed by atoms with Crippen molar-refractivity contribution in [1.29, 1.82) is 0 Å². The topological polar surface area (TPSA) is 63.2 Å². The van der Waals surface area contributed by atoms with E-state index >= 15 is 0 Å². The maximum absolute atomic E-state index is 12.3. The Kier molecular flexibility index (Phi) is 8.34. The number of amides is 1. The number of hydrogen-bond donors (Lipinski definition) is 2. The Bertz CT molecular complexity index is 709. The zero-order chi connectivity index (χ0) is 18.3. The fourth-order valence-corrected chi connectivity index (χ4v) is 2.01. The molecule has 0 aliphatic carbocycles. The van der Waals surface area contributed by atoms with Gasteiger partial charge in [-0.15, -0.1) is 12.4 Å². The number of hydrogen-bond acceptors (Lipinski definition) is 4. The fourth-order valence-electron chi connectivity index (χ4n) is 2.01. The molecule has 5 nitrogen and oxygen atoms in total. The summed E-state index contributed by atoms with van der Waals surface area (Å²) >= 11 is 0. The van der Waals surface area contributed by atoms with E-state index in [1.165, 1.54) is 18.3 Å². The molecule has 0 aliphatic heterocycles. The summed E-state index contributed by atoms with van der Waals surface area (Å²) in [5, 5.41) is 5.95. The van der Waals surface area contributed by atoms with Gasteiger partial charge in [-0.3, -0.25) is 4.79 Å². The second kappa shape index (κ2) is 9.98. The van der Waals surface area contributed by atoms with E-state index in [9.17, 15) is 18.0 Å². The monoisotopic (exact) mass is 389 g/mol. The minimum Gasteiger partial charge on any atom is -0.468 e. The Balaban J connectivity index is 0.00000338. The van der Waals surface area contributed by atoms with Crippen molar-refractivity contribution in [2.24, 2.45) is 0 Å². The van der Waals surface area contributed by atoms with Gasteiger partial charge in [0.2, 0.25) is 5.88 Å². The van der Waals surface area contributed by atoms with Crippen molar-refractivity contribution >= 4 is 24.0 Å². The number of rotatable bonds is 7. The van der Waals surface area contributed by atoms with Gasteiger partial charge in [0.25, 0.3) is 5.91 Å².